The number of carboxylic acid groups (broad SMARTS) is 1. The lowest BCUT2D eigenvalue weighted by atomic mass is 9.94. The van der Waals surface area contributed by atoms with E-state index < -0.39 is 23.5 Å². The van der Waals surface area contributed by atoms with Crippen molar-refractivity contribution in [3.63, 3.8) is 0 Å². The van der Waals surface area contributed by atoms with Crippen LogP contribution in [0.2, 0.25) is 0 Å². The fraction of sp³-hybridized carbons (Fsp3) is 0.296. The number of hydrogen-bond donors (Lipinski definition) is 3. The number of fused-ring (bicyclic) bond motifs is 4. The first kappa shape index (κ1) is 22.7. The molecule has 3 N–H and O–H groups in total. The lowest BCUT2D eigenvalue weighted by Gasteiger charge is -2.15. The van der Waals surface area contributed by atoms with E-state index in [1.54, 1.807) is 25.1 Å². The first-order valence-corrected chi connectivity index (χ1v) is 11.6. The van der Waals surface area contributed by atoms with Gasteiger partial charge in [-0.25, -0.2) is 9.59 Å². The summed E-state index contributed by atoms with van der Waals surface area (Å²) in [7, 11) is 0. The topological polar surface area (TPSA) is 130 Å². The van der Waals surface area contributed by atoms with E-state index >= 15 is 0 Å². The minimum Gasteiger partial charge on any atom is -0.508 e. The van der Waals surface area contributed by atoms with E-state index in [1.165, 1.54) is 17.7 Å². The zero-order chi connectivity index (χ0) is 24.7. The summed E-state index contributed by atoms with van der Waals surface area (Å²) in [6.45, 7) is 1.77. The molecular weight excluding hydrogens is 450 g/mol. The Hall–Kier alpha value is -4.07. The average Bonchev–Trinajstić information content (AvgIpc) is 3.19. The number of benzene rings is 2. The molecule has 0 aliphatic heterocycles. The van der Waals surface area contributed by atoms with E-state index in [0.29, 0.717) is 22.3 Å². The Morgan fingerprint density at radius 1 is 1.03 bits per heavy atom. The van der Waals surface area contributed by atoms with Crippen LogP contribution in [-0.2, 0) is 35.3 Å². The number of aromatic hydroxyl groups is 1. The van der Waals surface area contributed by atoms with Crippen LogP contribution < -0.4 is 10.9 Å². The van der Waals surface area contributed by atoms with Crippen molar-refractivity contribution >= 4 is 33.8 Å². The molecule has 4 aromatic rings. The van der Waals surface area contributed by atoms with E-state index in [4.69, 9.17) is 8.83 Å². The maximum Gasteiger partial charge on any atom is 0.340 e. The molecule has 1 atom stereocenters. The standard InChI is InChI=1S/C27H25NO7/c1-14-18-11-20-17-4-2-3-5-22(17)34-24(20)13-23(18)35-27(33)19(14)12-25(30)28-21(26(31)32)10-15-6-8-16(29)9-7-15/h6-9,11,13,21,29H,2-5,10,12H2,1H3,(H,28,30)(H,31,32). The number of hydrogen-bond acceptors (Lipinski definition) is 6. The van der Waals surface area contributed by atoms with Crippen LogP contribution in [0.4, 0.5) is 0 Å². The summed E-state index contributed by atoms with van der Waals surface area (Å²) in [6.07, 6.45) is 3.76. The van der Waals surface area contributed by atoms with Crippen LogP contribution in [0, 0.1) is 6.92 Å². The summed E-state index contributed by atoms with van der Waals surface area (Å²) >= 11 is 0. The number of furan rings is 1. The quantitative estimate of drug-likeness (QED) is 0.362. The van der Waals surface area contributed by atoms with Gasteiger partial charge >= 0.3 is 11.6 Å². The van der Waals surface area contributed by atoms with Gasteiger partial charge in [0.15, 0.2) is 0 Å². The molecule has 2 heterocycles. The molecule has 0 radical (unpaired) electrons. The van der Waals surface area contributed by atoms with E-state index in [2.05, 4.69) is 5.32 Å². The fourth-order valence-electron chi connectivity index (χ4n) is 4.82. The number of phenols is 1. The second-order valence-electron chi connectivity index (χ2n) is 9.05. The maximum absolute atomic E-state index is 12.8. The van der Waals surface area contributed by atoms with Gasteiger partial charge in [-0.15, -0.1) is 0 Å². The molecular formula is C27H25NO7. The van der Waals surface area contributed by atoms with Gasteiger partial charge in [-0.1, -0.05) is 12.1 Å². The smallest absolute Gasteiger partial charge is 0.340 e. The highest BCUT2D eigenvalue weighted by atomic mass is 16.4. The molecule has 8 nitrogen and oxygen atoms in total. The molecule has 0 saturated carbocycles. The third-order valence-corrected chi connectivity index (χ3v) is 6.71. The van der Waals surface area contributed by atoms with Crippen molar-refractivity contribution in [2.75, 3.05) is 0 Å². The molecule has 0 bridgehead atoms. The molecule has 0 spiro atoms. The zero-order valence-corrected chi connectivity index (χ0v) is 19.2. The van der Waals surface area contributed by atoms with Gasteiger partial charge in [0.1, 0.15) is 28.7 Å². The molecule has 2 aromatic carbocycles. The van der Waals surface area contributed by atoms with Gasteiger partial charge in [0, 0.05) is 35.2 Å². The van der Waals surface area contributed by atoms with Crippen LogP contribution in [0.3, 0.4) is 0 Å². The average molecular weight is 475 g/mol. The van der Waals surface area contributed by atoms with E-state index in [0.717, 1.165) is 42.2 Å². The summed E-state index contributed by atoms with van der Waals surface area (Å²) in [6, 6.07) is 8.60. The second-order valence-corrected chi connectivity index (χ2v) is 9.05. The lowest BCUT2D eigenvalue weighted by molar-refractivity contribution is -0.141. The lowest BCUT2D eigenvalue weighted by Crippen LogP contribution is -2.43. The van der Waals surface area contributed by atoms with Gasteiger partial charge in [0.25, 0.3) is 0 Å². The second kappa shape index (κ2) is 8.94. The summed E-state index contributed by atoms with van der Waals surface area (Å²) in [5.74, 6) is -0.737. The van der Waals surface area contributed by atoms with Gasteiger partial charge in [0.2, 0.25) is 5.91 Å². The van der Waals surface area contributed by atoms with Crippen molar-refractivity contribution in [2.24, 2.45) is 0 Å². The minimum atomic E-state index is -1.19. The van der Waals surface area contributed by atoms with Crippen molar-refractivity contribution in [1.82, 2.24) is 5.32 Å². The summed E-state index contributed by atoms with van der Waals surface area (Å²) < 4.78 is 11.5. The predicted molar refractivity (Wildman–Crippen MR) is 129 cm³/mol. The molecule has 0 fully saturated rings. The SMILES string of the molecule is Cc1c(CC(=O)NC(Cc2ccc(O)cc2)C(=O)O)c(=O)oc2cc3oc4c(c3cc12)CCCC4. The van der Waals surface area contributed by atoms with Gasteiger partial charge in [-0.2, -0.15) is 0 Å². The molecule has 2 aromatic heterocycles. The minimum absolute atomic E-state index is 0.0379. The predicted octanol–water partition coefficient (Wildman–Crippen LogP) is 3.79. The normalized spacial score (nSPS) is 14.1. The summed E-state index contributed by atoms with van der Waals surface area (Å²) in [5.41, 5.74) is 3.11. The summed E-state index contributed by atoms with van der Waals surface area (Å²) in [5, 5.41) is 23.2. The number of carboxylic acids is 1. The molecule has 1 unspecified atom stereocenters. The fourth-order valence-corrected chi connectivity index (χ4v) is 4.82. The highest BCUT2D eigenvalue weighted by Gasteiger charge is 2.24. The first-order valence-electron chi connectivity index (χ1n) is 11.6. The van der Waals surface area contributed by atoms with Crippen LogP contribution >= 0.6 is 0 Å². The van der Waals surface area contributed by atoms with Gasteiger partial charge in [0.05, 0.1) is 12.0 Å². The van der Waals surface area contributed by atoms with Crippen molar-refractivity contribution in [1.29, 1.82) is 0 Å². The third kappa shape index (κ3) is 4.39. The highest BCUT2D eigenvalue weighted by Crippen LogP contribution is 2.35. The molecule has 35 heavy (non-hydrogen) atoms. The highest BCUT2D eigenvalue weighted by molar-refractivity contribution is 5.97. The van der Waals surface area contributed by atoms with Gasteiger partial charge in [-0.3, -0.25) is 4.79 Å². The largest absolute Gasteiger partial charge is 0.508 e. The number of rotatable bonds is 6. The first-order chi connectivity index (χ1) is 16.8. The maximum atomic E-state index is 12.8. The number of phenolic OH excluding ortho intramolecular Hbond substituents is 1. The Morgan fingerprint density at radius 2 is 1.74 bits per heavy atom. The number of nitrogens with one attached hydrogen (secondary N) is 1. The number of carbonyl (C=O) groups excluding carboxylic acids is 1. The van der Waals surface area contributed by atoms with E-state index in [-0.39, 0.29) is 24.2 Å². The monoisotopic (exact) mass is 475 g/mol. The molecule has 1 aliphatic carbocycles. The van der Waals surface area contributed by atoms with Crippen LogP contribution in [0.1, 0.15) is 40.9 Å². The Morgan fingerprint density at radius 3 is 2.49 bits per heavy atom. The molecule has 8 heteroatoms. The van der Waals surface area contributed by atoms with Gasteiger partial charge < -0.3 is 24.4 Å². The van der Waals surface area contributed by atoms with E-state index in [1.807, 2.05) is 6.07 Å². The van der Waals surface area contributed by atoms with Crippen LogP contribution in [0.25, 0.3) is 21.9 Å². The Kier molecular flexibility index (Phi) is 5.80. The number of carbonyl (C=O) groups is 2. The summed E-state index contributed by atoms with van der Waals surface area (Å²) in [4.78, 5) is 37.2. The third-order valence-electron chi connectivity index (χ3n) is 6.71. The van der Waals surface area contributed by atoms with Crippen LogP contribution in [-0.4, -0.2) is 28.1 Å². The number of aryl methyl sites for hydroxylation is 3. The Labute approximate surface area is 200 Å². The van der Waals surface area contributed by atoms with E-state index in [9.17, 15) is 24.6 Å². The van der Waals surface area contributed by atoms with Crippen molar-refractivity contribution in [3.05, 3.63) is 74.8 Å². The van der Waals surface area contributed by atoms with Crippen LogP contribution in [0.15, 0.2) is 50.0 Å². The molecule has 5 rings (SSSR count). The Bertz CT molecular complexity index is 1510. The molecule has 0 saturated heterocycles. The molecule has 1 aliphatic rings. The number of amides is 1. The van der Waals surface area contributed by atoms with Crippen LogP contribution in [0.5, 0.6) is 5.75 Å². The van der Waals surface area contributed by atoms with Crippen molar-refractivity contribution in [2.45, 2.75) is 51.5 Å². The van der Waals surface area contributed by atoms with Crippen molar-refractivity contribution in [3.8, 4) is 5.75 Å². The number of aliphatic carboxylic acids is 1. The molecule has 180 valence electrons. The zero-order valence-electron chi connectivity index (χ0n) is 19.2. The molecule has 1 amide bonds. The van der Waals surface area contributed by atoms with Gasteiger partial charge in [-0.05, 0) is 55.5 Å². The van der Waals surface area contributed by atoms with Crippen molar-refractivity contribution < 1.29 is 28.6 Å². The Balaban J connectivity index is 1.42.